The van der Waals surface area contributed by atoms with E-state index in [1.807, 2.05) is 42.5 Å². The van der Waals surface area contributed by atoms with Crippen molar-refractivity contribution in [2.45, 2.75) is 13.0 Å². The van der Waals surface area contributed by atoms with Crippen molar-refractivity contribution in [3.63, 3.8) is 0 Å². The zero-order chi connectivity index (χ0) is 18.1. The van der Waals surface area contributed by atoms with Gasteiger partial charge in [-0.2, -0.15) is 0 Å². The van der Waals surface area contributed by atoms with E-state index in [-0.39, 0.29) is 11.7 Å². The van der Waals surface area contributed by atoms with Gasteiger partial charge in [0, 0.05) is 5.39 Å². The number of rotatable bonds is 4. The second-order valence-electron chi connectivity index (χ2n) is 5.82. The minimum atomic E-state index is -0.734. The highest BCUT2D eigenvalue weighted by molar-refractivity contribution is 7.22. The van der Waals surface area contributed by atoms with E-state index in [0.717, 1.165) is 15.6 Å². The number of nitrogens with one attached hydrogen (secondary N) is 2. The summed E-state index contributed by atoms with van der Waals surface area (Å²) in [4.78, 5) is 29.0. The number of carbonyl (C=O) groups is 2. The van der Waals surface area contributed by atoms with Crippen LogP contribution in [0.15, 0.2) is 59.0 Å². The van der Waals surface area contributed by atoms with Gasteiger partial charge in [-0.3, -0.25) is 9.59 Å². The van der Waals surface area contributed by atoms with Crippen molar-refractivity contribution < 1.29 is 14.0 Å². The summed E-state index contributed by atoms with van der Waals surface area (Å²) < 4.78 is 6.50. The van der Waals surface area contributed by atoms with Crippen molar-refractivity contribution in [2.75, 3.05) is 5.32 Å². The molecule has 0 saturated heterocycles. The normalized spacial score (nSPS) is 12.2. The van der Waals surface area contributed by atoms with Crippen LogP contribution in [-0.4, -0.2) is 22.8 Å². The van der Waals surface area contributed by atoms with Gasteiger partial charge in [-0.25, -0.2) is 4.98 Å². The van der Waals surface area contributed by atoms with Crippen LogP contribution >= 0.6 is 11.3 Å². The predicted octanol–water partition coefficient (Wildman–Crippen LogP) is 3.80. The van der Waals surface area contributed by atoms with Crippen LogP contribution in [0.2, 0.25) is 0 Å². The number of para-hydroxylation sites is 2. The number of fused-ring (bicyclic) bond motifs is 2. The summed E-state index contributed by atoms with van der Waals surface area (Å²) in [6, 6.07) is 15.9. The van der Waals surface area contributed by atoms with Crippen LogP contribution in [0.3, 0.4) is 0 Å². The first-order valence-corrected chi connectivity index (χ1v) is 8.88. The molecule has 0 spiro atoms. The Morgan fingerprint density at radius 2 is 1.88 bits per heavy atom. The highest BCUT2D eigenvalue weighted by Gasteiger charge is 2.20. The summed E-state index contributed by atoms with van der Waals surface area (Å²) in [6.07, 6.45) is 0. The maximum absolute atomic E-state index is 12.3. The van der Waals surface area contributed by atoms with E-state index >= 15 is 0 Å². The van der Waals surface area contributed by atoms with Crippen LogP contribution in [0.4, 0.5) is 5.13 Å². The van der Waals surface area contributed by atoms with Crippen molar-refractivity contribution in [2.24, 2.45) is 0 Å². The van der Waals surface area contributed by atoms with Crippen LogP contribution in [0.1, 0.15) is 17.5 Å². The lowest BCUT2D eigenvalue weighted by Gasteiger charge is -2.11. The number of hydrogen-bond donors (Lipinski definition) is 2. The molecule has 2 heterocycles. The standard InChI is InChI=1S/C19H15N3O3S/c1-11(17(23)22-19-21-13-7-3-5-9-16(13)26-19)20-18(24)15-10-12-6-2-4-8-14(12)25-15/h2-11H,1H3,(H,20,24)(H,21,22,23)/t11-/m0/s1. The van der Waals surface area contributed by atoms with Gasteiger partial charge in [0.25, 0.3) is 5.91 Å². The Kier molecular flexibility index (Phi) is 4.14. The number of hydrogen-bond acceptors (Lipinski definition) is 5. The van der Waals surface area contributed by atoms with Crippen LogP contribution in [0.5, 0.6) is 0 Å². The van der Waals surface area contributed by atoms with Gasteiger partial charge in [-0.05, 0) is 31.2 Å². The van der Waals surface area contributed by atoms with Gasteiger partial charge in [0.2, 0.25) is 5.91 Å². The Hall–Kier alpha value is -3.19. The summed E-state index contributed by atoms with van der Waals surface area (Å²) in [5.41, 5.74) is 1.45. The summed E-state index contributed by atoms with van der Waals surface area (Å²) in [5, 5.41) is 6.72. The van der Waals surface area contributed by atoms with E-state index < -0.39 is 11.9 Å². The first-order valence-electron chi connectivity index (χ1n) is 8.06. The molecule has 0 radical (unpaired) electrons. The molecule has 130 valence electrons. The zero-order valence-corrected chi connectivity index (χ0v) is 14.7. The fraction of sp³-hybridized carbons (Fsp3) is 0.105. The first-order chi connectivity index (χ1) is 12.6. The van der Waals surface area contributed by atoms with Crippen LogP contribution in [0.25, 0.3) is 21.2 Å². The van der Waals surface area contributed by atoms with Crippen molar-refractivity contribution in [1.82, 2.24) is 10.3 Å². The molecule has 0 saturated carbocycles. The van der Waals surface area contributed by atoms with Crippen molar-refractivity contribution in [3.8, 4) is 0 Å². The van der Waals surface area contributed by atoms with Crippen molar-refractivity contribution in [1.29, 1.82) is 0 Å². The summed E-state index contributed by atoms with van der Waals surface area (Å²) in [7, 11) is 0. The summed E-state index contributed by atoms with van der Waals surface area (Å²) in [6.45, 7) is 1.61. The maximum atomic E-state index is 12.3. The Bertz CT molecular complexity index is 1050. The molecule has 0 aliphatic heterocycles. The predicted molar refractivity (Wildman–Crippen MR) is 101 cm³/mol. The number of thiazole rings is 1. The zero-order valence-electron chi connectivity index (χ0n) is 13.9. The molecule has 0 aliphatic rings. The molecule has 2 aromatic carbocycles. The average Bonchev–Trinajstić information content (AvgIpc) is 3.24. The minimum Gasteiger partial charge on any atom is -0.451 e. The number of anilines is 1. The third kappa shape index (κ3) is 3.16. The van der Waals surface area contributed by atoms with Gasteiger partial charge in [-0.1, -0.05) is 41.7 Å². The number of benzene rings is 2. The molecule has 26 heavy (non-hydrogen) atoms. The van der Waals surface area contributed by atoms with Gasteiger partial charge in [0.15, 0.2) is 10.9 Å². The second kappa shape index (κ2) is 6.61. The molecule has 2 aromatic heterocycles. The van der Waals surface area contributed by atoms with Crippen LogP contribution in [0, 0.1) is 0 Å². The average molecular weight is 365 g/mol. The Labute approximate surface area is 152 Å². The molecule has 6 nitrogen and oxygen atoms in total. The third-order valence-corrected chi connectivity index (χ3v) is 4.87. The van der Waals surface area contributed by atoms with Crippen LogP contribution < -0.4 is 10.6 Å². The van der Waals surface area contributed by atoms with Gasteiger partial charge in [0.1, 0.15) is 11.6 Å². The Morgan fingerprint density at radius 1 is 1.12 bits per heavy atom. The lowest BCUT2D eigenvalue weighted by atomic mass is 10.2. The Balaban J connectivity index is 1.43. The first kappa shape index (κ1) is 16.3. The van der Waals surface area contributed by atoms with Gasteiger partial charge >= 0.3 is 0 Å². The van der Waals surface area contributed by atoms with E-state index in [1.165, 1.54) is 11.3 Å². The topological polar surface area (TPSA) is 84.2 Å². The third-order valence-electron chi connectivity index (χ3n) is 3.91. The summed E-state index contributed by atoms with van der Waals surface area (Å²) in [5.74, 6) is -0.604. The van der Waals surface area contributed by atoms with Crippen LogP contribution in [-0.2, 0) is 4.79 Å². The highest BCUT2D eigenvalue weighted by atomic mass is 32.1. The van der Waals surface area contributed by atoms with Gasteiger partial charge < -0.3 is 15.1 Å². The van der Waals surface area contributed by atoms with E-state index in [1.54, 1.807) is 19.1 Å². The van der Waals surface area contributed by atoms with E-state index in [9.17, 15) is 9.59 Å². The minimum absolute atomic E-state index is 0.172. The smallest absolute Gasteiger partial charge is 0.287 e. The fourth-order valence-corrected chi connectivity index (χ4v) is 3.44. The lowest BCUT2D eigenvalue weighted by molar-refractivity contribution is -0.117. The molecule has 0 fully saturated rings. The number of amides is 2. The van der Waals surface area contributed by atoms with Crippen molar-refractivity contribution in [3.05, 3.63) is 60.4 Å². The molecule has 0 aliphatic carbocycles. The molecule has 2 amide bonds. The molecule has 0 unspecified atom stereocenters. The highest BCUT2D eigenvalue weighted by Crippen LogP contribution is 2.25. The molecule has 2 N–H and O–H groups in total. The van der Waals surface area contributed by atoms with Gasteiger partial charge in [0.05, 0.1) is 10.2 Å². The van der Waals surface area contributed by atoms with Crippen molar-refractivity contribution >= 4 is 49.5 Å². The number of furan rings is 1. The SMILES string of the molecule is C[C@H](NC(=O)c1cc2ccccc2o1)C(=O)Nc1nc2ccccc2s1. The van der Waals surface area contributed by atoms with Gasteiger partial charge in [-0.15, -0.1) is 0 Å². The number of aromatic nitrogens is 1. The summed E-state index contributed by atoms with van der Waals surface area (Å²) >= 11 is 1.39. The molecular weight excluding hydrogens is 350 g/mol. The van der Waals surface area contributed by atoms with E-state index in [4.69, 9.17) is 4.42 Å². The second-order valence-corrected chi connectivity index (χ2v) is 6.85. The monoisotopic (exact) mass is 365 g/mol. The molecule has 4 aromatic rings. The number of nitrogens with zero attached hydrogens (tertiary/aromatic N) is 1. The van der Waals surface area contributed by atoms with E-state index in [2.05, 4.69) is 15.6 Å². The van der Waals surface area contributed by atoms with E-state index in [0.29, 0.717) is 10.7 Å². The lowest BCUT2D eigenvalue weighted by Crippen LogP contribution is -2.41. The number of carbonyl (C=O) groups excluding carboxylic acids is 2. The molecule has 0 bridgehead atoms. The molecular formula is C19H15N3O3S. The Morgan fingerprint density at radius 3 is 2.69 bits per heavy atom. The molecule has 1 atom stereocenters. The molecule has 4 rings (SSSR count). The molecule has 7 heteroatoms. The fourth-order valence-electron chi connectivity index (χ4n) is 2.57. The quantitative estimate of drug-likeness (QED) is 0.576. The largest absolute Gasteiger partial charge is 0.451 e. The maximum Gasteiger partial charge on any atom is 0.287 e.